The van der Waals surface area contributed by atoms with E-state index in [4.69, 9.17) is 4.74 Å². The maximum atomic E-state index is 11.6. The van der Waals surface area contributed by atoms with E-state index in [1.165, 1.54) is 7.11 Å². The predicted molar refractivity (Wildman–Crippen MR) is 60.9 cm³/mol. The second-order valence-corrected chi connectivity index (χ2v) is 3.62. The van der Waals surface area contributed by atoms with E-state index in [1.54, 1.807) is 6.92 Å². The molecule has 16 heavy (non-hydrogen) atoms. The van der Waals surface area contributed by atoms with Crippen molar-refractivity contribution >= 4 is 5.97 Å². The van der Waals surface area contributed by atoms with Crippen molar-refractivity contribution in [3.63, 3.8) is 0 Å². The summed E-state index contributed by atoms with van der Waals surface area (Å²) < 4.78 is 4.72. The Hall–Kier alpha value is -1.39. The van der Waals surface area contributed by atoms with Crippen molar-refractivity contribution in [3.05, 3.63) is 35.9 Å². The Morgan fingerprint density at radius 3 is 2.56 bits per heavy atom. The number of hydrogen-bond acceptors (Lipinski definition) is 4. The van der Waals surface area contributed by atoms with Gasteiger partial charge in [-0.1, -0.05) is 30.3 Å². The van der Waals surface area contributed by atoms with Gasteiger partial charge in [0.05, 0.1) is 13.2 Å². The van der Waals surface area contributed by atoms with Gasteiger partial charge in [-0.15, -0.1) is 0 Å². The third-order valence-electron chi connectivity index (χ3n) is 2.19. The number of nitrogens with one attached hydrogen (secondary N) is 1. The van der Waals surface area contributed by atoms with Gasteiger partial charge in [0.1, 0.15) is 6.04 Å². The lowest BCUT2D eigenvalue weighted by atomic mass is 10.1. The first-order chi connectivity index (χ1) is 7.65. The van der Waals surface area contributed by atoms with Gasteiger partial charge in [-0.3, -0.25) is 5.32 Å². The van der Waals surface area contributed by atoms with E-state index < -0.39 is 12.1 Å². The molecule has 0 amide bonds. The zero-order valence-corrected chi connectivity index (χ0v) is 9.51. The number of carbonyl (C=O) groups is 1. The molecule has 0 saturated heterocycles. The summed E-state index contributed by atoms with van der Waals surface area (Å²) in [6, 6.07) is 8.76. The Kier molecular flexibility index (Phi) is 4.95. The minimum atomic E-state index is -0.527. The number of ether oxygens (including phenoxy) is 1. The quantitative estimate of drug-likeness (QED) is 0.727. The highest BCUT2D eigenvalue weighted by Gasteiger charge is 2.20. The van der Waals surface area contributed by atoms with Gasteiger partial charge in [0.2, 0.25) is 0 Å². The van der Waals surface area contributed by atoms with Crippen molar-refractivity contribution in [2.75, 3.05) is 13.7 Å². The molecule has 2 atom stereocenters. The molecule has 0 spiro atoms. The first kappa shape index (κ1) is 12.7. The number of aliphatic hydroxyl groups excluding tert-OH is 1. The number of benzene rings is 1. The minimum absolute atomic E-state index is 0.342. The molecular weight excluding hydrogens is 206 g/mol. The van der Waals surface area contributed by atoms with Crippen LogP contribution < -0.4 is 5.32 Å². The van der Waals surface area contributed by atoms with Gasteiger partial charge in [0.15, 0.2) is 0 Å². The molecule has 0 aliphatic heterocycles. The Morgan fingerprint density at radius 1 is 1.44 bits per heavy atom. The Labute approximate surface area is 95.2 Å². The van der Waals surface area contributed by atoms with Crippen molar-refractivity contribution in [3.8, 4) is 0 Å². The van der Waals surface area contributed by atoms with E-state index in [1.807, 2.05) is 30.3 Å². The first-order valence-electron chi connectivity index (χ1n) is 5.19. The molecule has 2 unspecified atom stereocenters. The lowest BCUT2D eigenvalue weighted by Crippen LogP contribution is -2.34. The molecule has 0 heterocycles. The summed E-state index contributed by atoms with van der Waals surface area (Å²) in [7, 11) is 1.35. The van der Waals surface area contributed by atoms with Crippen LogP contribution in [0.25, 0.3) is 0 Å². The number of esters is 1. The van der Waals surface area contributed by atoms with Crippen LogP contribution in [0.3, 0.4) is 0 Å². The molecular formula is C12H17NO3. The van der Waals surface area contributed by atoms with E-state index >= 15 is 0 Å². The standard InChI is InChI=1S/C12H17NO3/c1-9(14)8-13-11(12(15)16-2)10-6-4-3-5-7-10/h3-7,9,11,13-14H,8H2,1-2H3. The molecule has 4 heteroatoms. The van der Waals surface area contributed by atoms with Gasteiger partial charge >= 0.3 is 5.97 Å². The van der Waals surface area contributed by atoms with Crippen molar-refractivity contribution in [1.82, 2.24) is 5.32 Å². The van der Waals surface area contributed by atoms with Crippen LogP contribution in [0.5, 0.6) is 0 Å². The highest BCUT2D eigenvalue weighted by atomic mass is 16.5. The van der Waals surface area contributed by atoms with Crippen LogP contribution in [0, 0.1) is 0 Å². The van der Waals surface area contributed by atoms with Crippen LogP contribution in [0.2, 0.25) is 0 Å². The molecule has 0 aliphatic rings. The average Bonchev–Trinajstić information content (AvgIpc) is 2.30. The molecule has 4 nitrogen and oxygen atoms in total. The third kappa shape index (κ3) is 3.64. The Balaban J connectivity index is 2.76. The zero-order chi connectivity index (χ0) is 12.0. The maximum absolute atomic E-state index is 11.6. The second-order valence-electron chi connectivity index (χ2n) is 3.62. The van der Waals surface area contributed by atoms with Crippen LogP contribution >= 0.6 is 0 Å². The van der Waals surface area contributed by atoms with Crippen molar-refractivity contribution in [2.24, 2.45) is 0 Å². The van der Waals surface area contributed by atoms with E-state index in [-0.39, 0.29) is 5.97 Å². The van der Waals surface area contributed by atoms with E-state index in [9.17, 15) is 9.90 Å². The lowest BCUT2D eigenvalue weighted by molar-refractivity contribution is -0.143. The highest BCUT2D eigenvalue weighted by Crippen LogP contribution is 2.13. The van der Waals surface area contributed by atoms with Crippen LogP contribution in [0.15, 0.2) is 30.3 Å². The van der Waals surface area contributed by atoms with Crippen molar-refractivity contribution in [1.29, 1.82) is 0 Å². The van der Waals surface area contributed by atoms with Gasteiger partial charge in [0, 0.05) is 6.54 Å². The van der Waals surface area contributed by atoms with Gasteiger partial charge in [-0.2, -0.15) is 0 Å². The molecule has 0 bridgehead atoms. The van der Waals surface area contributed by atoms with Crippen LogP contribution in [0.4, 0.5) is 0 Å². The number of methoxy groups -OCH3 is 1. The SMILES string of the molecule is COC(=O)C(NCC(C)O)c1ccccc1. The van der Waals surface area contributed by atoms with Gasteiger partial charge in [-0.25, -0.2) is 4.79 Å². The molecule has 1 aromatic carbocycles. The maximum Gasteiger partial charge on any atom is 0.327 e. The highest BCUT2D eigenvalue weighted by molar-refractivity contribution is 5.77. The summed E-state index contributed by atoms with van der Waals surface area (Å²) in [5, 5.41) is 12.1. The predicted octanol–water partition coefficient (Wildman–Crippen LogP) is 0.871. The summed E-state index contributed by atoms with van der Waals surface area (Å²) in [4.78, 5) is 11.6. The summed E-state index contributed by atoms with van der Waals surface area (Å²) in [5.74, 6) is -0.355. The molecule has 1 aromatic rings. The van der Waals surface area contributed by atoms with Gasteiger partial charge in [-0.05, 0) is 12.5 Å². The smallest absolute Gasteiger partial charge is 0.327 e. The molecule has 1 rings (SSSR count). The first-order valence-corrected chi connectivity index (χ1v) is 5.19. The molecule has 2 N–H and O–H groups in total. The molecule has 88 valence electrons. The fraction of sp³-hybridized carbons (Fsp3) is 0.417. The largest absolute Gasteiger partial charge is 0.468 e. The molecule has 0 radical (unpaired) electrons. The Bertz CT molecular complexity index is 324. The van der Waals surface area contributed by atoms with Crippen LogP contribution in [0.1, 0.15) is 18.5 Å². The topological polar surface area (TPSA) is 58.6 Å². The van der Waals surface area contributed by atoms with Gasteiger partial charge in [0.25, 0.3) is 0 Å². The minimum Gasteiger partial charge on any atom is -0.468 e. The van der Waals surface area contributed by atoms with E-state index in [2.05, 4.69) is 5.32 Å². The second kappa shape index (κ2) is 6.25. The van der Waals surface area contributed by atoms with Crippen molar-refractivity contribution < 1.29 is 14.6 Å². The summed E-state index contributed by atoms with van der Waals surface area (Å²) in [6.45, 7) is 2.00. The number of rotatable bonds is 5. The molecule has 0 aliphatic carbocycles. The van der Waals surface area contributed by atoms with Crippen LogP contribution in [-0.4, -0.2) is 30.8 Å². The van der Waals surface area contributed by atoms with E-state index in [0.717, 1.165) is 5.56 Å². The normalized spacial score (nSPS) is 14.2. The lowest BCUT2D eigenvalue weighted by Gasteiger charge is -2.17. The number of hydrogen-bond donors (Lipinski definition) is 2. The van der Waals surface area contributed by atoms with Gasteiger partial charge < -0.3 is 9.84 Å². The zero-order valence-electron chi connectivity index (χ0n) is 9.51. The molecule has 0 aromatic heterocycles. The Morgan fingerprint density at radius 2 is 2.06 bits per heavy atom. The monoisotopic (exact) mass is 223 g/mol. The fourth-order valence-corrected chi connectivity index (χ4v) is 1.39. The fourth-order valence-electron chi connectivity index (χ4n) is 1.39. The third-order valence-corrected chi connectivity index (χ3v) is 2.19. The van der Waals surface area contributed by atoms with E-state index in [0.29, 0.717) is 6.54 Å². The number of carbonyl (C=O) groups excluding carboxylic acids is 1. The summed E-state index contributed by atoms with van der Waals surface area (Å²) in [5.41, 5.74) is 0.829. The molecule has 0 saturated carbocycles. The summed E-state index contributed by atoms with van der Waals surface area (Å²) >= 11 is 0. The van der Waals surface area contributed by atoms with Crippen molar-refractivity contribution in [2.45, 2.75) is 19.1 Å². The molecule has 0 fully saturated rings. The average molecular weight is 223 g/mol. The summed E-state index contributed by atoms with van der Waals surface area (Å²) in [6.07, 6.45) is -0.504. The number of aliphatic hydroxyl groups is 1. The van der Waals surface area contributed by atoms with Crippen LogP contribution in [-0.2, 0) is 9.53 Å².